The van der Waals surface area contributed by atoms with Crippen molar-refractivity contribution in [3.8, 4) is 11.5 Å². The number of hydrogen-bond acceptors (Lipinski definition) is 6. The molecule has 0 unspecified atom stereocenters. The van der Waals surface area contributed by atoms with Crippen LogP contribution in [0.3, 0.4) is 0 Å². The van der Waals surface area contributed by atoms with Crippen molar-refractivity contribution in [2.75, 3.05) is 17.3 Å². The molecular formula is C18H16FN3O2S2. The second kappa shape index (κ2) is 8.86. The van der Waals surface area contributed by atoms with Gasteiger partial charge in [-0.05, 0) is 48.7 Å². The Hall–Kier alpha value is -2.32. The van der Waals surface area contributed by atoms with Crippen molar-refractivity contribution in [1.82, 2.24) is 10.2 Å². The molecule has 134 valence electrons. The summed E-state index contributed by atoms with van der Waals surface area (Å²) in [6, 6.07) is 14.0. The van der Waals surface area contributed by atoms with Crippen LogP contribution < -0.4 is 5.32 Å². The Labute approximate surface area is 158 Å². The maximum absolute atomic E-state index is 12.8. The van der Waals surface area contributed by atoms with E-state index in [1.54, 1.807) is 23.9 Å². The van der Waals surface area contributed by atoms with Crippen LogP contribution in [0, 0.1) is 5.82 Å². The molecule has 5 nitrogen and oxygen atoms in total. The summed E-state index contributed by atoms with van der Waals surface area (Å²) in [5.74, 6) is 0.431. The van der Waals surface area contributed by atoms with E-state index in [0.29, 0.717) is 11.6 Å². The van der Waals surface area contributed by atoms with Crippen LogP contribution in [0.2, 0.25) is 0 Å². The number of hydrogen-bond donors (Lipinski definition) is 1. The summed E-state index contributed by atoms with van der Waals surface area (Å²) in [4.78, 5) is 14.0. The quantitative estimate of drug-likeness (QED) is 0.590. The molecular weight excluding hydrogens is 373 g/mol. The highest BCUT2D eigenvalue weighted by Gasteiger charge is 2.12. The average Bonchev–Trinajstić information content (AvgIpc) is 3.12. The number of halogens is 1. The van der Waals surface area contributed by atoms with E-state index in [0.717, 1.165) is 15.4 Å². The molecule has 0 fully saturated rings. The first-order valence-electron chi connectivity index (χ1n) is 7.80. The van der Waals surface area contributed by atoms with Gasteiger partial charge >= 0.3 is 6.01 Å². The molecule has 0 saturated heterocycles. The van der Waals surface area contributed by atoms with Crippen LogP contribution in [-0.4, -0.2) is 28.1 Å². The zero-order valence-electron chi connectivity index (χ0n) is 13.9. The van der Waals surface area contributed by atoms with Gasteiger partial charge in [-0.1, -0.05) is 11.2 Å². The van der Waals surface area contributed by atoms with Gasteiger partial charge < -0.3 is 4.42 Å². The Morgan fingerprint density at radius 3 is 2.73 bits per heavy atom. The number of carbonyl (C=O) groups excluding carboxylic acids is 1. The van der Waals surface area contributed by atoms with Gasteiger partial charge in [0, 0.05) is 27.5 Å². The Morgan fingerprint density at radius 1 is 1.15 bits per heavy atom. The van der Waals surface area contributed by atoms with Crippen LogP contribution >= 0.6 is 23.5 Å². The summed E-state index contributed by atoms with van der Waals surface area (Å²) < 4.78 is 18.4. The fourth-order valence-electron chi connectivity index (χ4n) is 2.12. The normalized spacial score (nSPS) is 10.7. The first-order chi connectivity index (χ1) is 12.6. The molecule has 0 atom stereocenters. The SMILES string of the molecule is CSc1cccc(-c2nnc(NC(=O)CCSc3ccc(F)cc3)o2)c1. The lowest BCUT2D eigenvalue weighted by molar-refractivity contribution is -0.115. The third kappa shape index (κ3) is 5.09. The predicted octanol–water partition coefficient (Wildman–Crippen LogP) is 4.72. The maximum Gasteiger partial charge on any atom is 0.322 e. The van der Waals surface area contributed by atoms with Crippen LogP contribution in [0.15, 0.2) is 62.7 Å². The molecule has 3 aromatic rings. The molecule has 0 bridgehead atoms. The third-order valence-electron chi connectivity index (χ3n) is 3.40. The highest BCUT2D eigenvalue weighted by atomic mass is 32.2. The van der Waals surface area contributed by atoms with E-state index in [1.165, 1.54) is 23.9 Å². The van der Waals surface area contributed by atoms with Gasteiger partial charge in [0.15, 0.2) is 0 Å². The van der Waals surface area contributed by atoms with E-state index >= 15 is 0 Å². The number of nitrogens with one attached hydrogen (secondary N) is 1. The Kier molecular flexibility index (Phi) is 6.30. The van der Waals surface area contributed by atoms with Gasteiger partial charge in [-0.3, -0.25) is 10.1 Å². The maximum atomic E-state index is 12.8. The van der Waals surface area contributed by atoms with E-state index in [9.17, 15) is 9.18 Å². The number of anilines is 1. The summed E-state index contributed by atoms with van der Waals surface area (Å²) in [5.41, 5.74) is 0.803. The highest BCUT2D eigenvalue weighted by molar-refractivity contribution is 7.99. The Bertz CT molecular complexity index is 884. The minimum absolute atomic E-state index is 0.0753. The zero-order chi connectivity index (χ0) is 18.4. The minimum atomic E-state index is -0.276. The van der Waals surface area contributed by atoms with Crippen LogP contribution in [-0.2, 0) is 4.79 Å². The second-order valence-electron chi connectivity index (χ2n) is 5.24. The summed E-state index contributed by atoms with van der Waals surface area (Å²) >= 11 is 3.10. The molecule has 2 aromatic carbocycles. The van der Waals surface area contributed by atoms with Crippen molar-refractivity contribution in [3.63, 3.8) is 0 Å². The average molecular weight is 389 g/mol. The summed E-state index contributed by atoms with van der Waals surface area (Å²) in [7, 11) is 0. The van der Waals surface area contributed by atoms with E-state index < -0.39 is 0 Å². The number of amides is 1. The number of benzene rings is 2. The van der Waals surface area contributed by atoms with Crippen molar-refractivity contribution in [3.05, 3.63) is 54.3 Å². The highest BCUT2D eigenvalue weighted by Crippen LogP contribution is 2.25. The molecule has 26 heavy (non-hydrogen) atoms. The monoisotopic (exact) mass is 389 g/mol. The first kappa shape index (κ1) is 18.5. The fourth-order valence-corrected chi connectivity index (χ4v) is 3.43. The summed E-state index contributed by atoms with van der Waals surface area (Å²) in [5, 5.41) is 10.4. The number of carbonyl (C=O) groups is 1. The fraction of sp³-hybridized carbons (Fsp3) is 0.167. The van der Waals surface area contributed by atoms with Crippen molar-refractivity contribution >= 4 is 35.4 Å². The zero-order valence-corrected chi connectivity index (χ0v) is 15.6. The standard InChI is InChI=1S/C18H16FN3O2S2/c1-25-15-4-2-3-12(11-15)17-21-22-18(24-17)20-16(23)9-10-26-14-7-5-13(19)6-8-14/h2-8,11H,9-10H2,1H3,(H,20,22,23). The topological polar surface area (TPSA) is 68.0 Å². The van der Waals surface area contributed by atoms with Crippen molar-refractivity contribution < 1.29 is 13.6 Å². The number of thioether (sulfide) groups is 2. The molecule has 0 aliphatic carbocycles. The molecule has 8 heteroatoms. The largest absolute Gasteiger partial charge is 0.403 e. The van der Waals surface area contributed by atoms with Crippen LogP contribution in [0.4, 0.5) is 10.4 Å². The van der Waals surface area contributed by atoms with Crippen molar-refractivity contribution in [2.45, 2.75) is 16.2 Å². The smallest absolute Gasteiger partial charge is 0.322 e. The molecule has 1 amide bonds. The van der Waals surface area contributed by atoms with Crippen LogP contribution in [0.1, 0.15) is 6.42 Å². The summed E-state index contributed by atoms with van der Waals surface area (Å²) in [6.45, 7) is 0. The van der Waals surface area contributed by atoms with Crippen molar-refractivity contribution in [2.24, 2.45) is 0 Å². The van der Waals surface area contributed by atoms with E-state index in [2.05, 4.69) is 15.5 Å². The number of rotatable bonds is 7. The Morgan fingerprint density at radius 2 is 1.96 bits per heavy atom. The van der Waals surface area contributed by atoms with Gasteiger partial charge in [-0.25, -0.2) is 4.39 Å². The Balaban J connectivity index is 1.51. The molecule has 0 radical (unpaired) electrons. The van der Waals surface area contributed by atoms with Gasteiger partial charge in [0.2, 0.25) is 11.8 Å². The molecule has 0 spiro atoms. The summed E-state index contributed by atoms with van der Waals surface area (Å²) in [6.07, 6.45) is 2.27. The number of nitrogens with zero attached hydrogens (tertiary/aromatic N) is 2. The van der Waals surface area contributed by atoms with Gasteiger partial charge in [-0.2, -0.15) is 0 Å². The predicted molar refractivity (Wildman–Crippen MR) is 102 cm³/mol. The number of aromatic nitrogens is 2. The van der Waals surface area contributed by atoms with E-state index in [-0.39, 0.29) is 24.2 Å². The third-order valence-corrected chi connectivity index (χ3v) is 5.14. The molecule has 1 aromatic heterocycles. The lowest BCUT2D eigenvalue weighted by Gasteiger charge is -2.02. The van der Waals surface area contributed by atoms with Gasteiger partial charge in [0.25, 0.3) is 0 Å². The first-order valence-corrected chi connectivity index (χ1v) is 10.0. The van der Waals surface area contributed by atoms with E-state index in [4.69, 9.17) is 4.42 Å². The van der Waals surface area contributed by atoms with E-state index in [1.807, 2.05) is 30.5 Å². The minimum Gasteiger partial charge on any atom is -0.403 e. The molecule has 3 rings (SSSR count). The lowest BCUT2D eigenvalue weighted by atomic mass is 10.2. The van der Waals surface area contributed by atoms with Gasteiger partial charge in [0.05, 0.1) is 0 Å². The molecule has 0 aliphatic heterocycles. The molecule has 1 N–H and O–H groups in total. The second-order valence-corrected chi connectivity index (χ2v) is 7.29. The molecule has 0 aliphatic rings. The molecule has 0 saturated carbocycles. The van der Waals surface area contributed by atoms with Gasteiger partial charge in [-0.15, -0.1) is 28.6 Å². The van der Waals surface area contributed by atoms with Crippen LogP contribution in [0.25, 0.3) is 11.5 Å². The van der Waals surface area contributed by atoms with Gasteiger partial charge in [0.1, 0.15) is 5.82 Å². The van der Waals surface area contributed by atoms with Crippen LogP contribution in [0.5, 0.6) is 0 Å². The lowest BCUT2D eigenvalue weighted by Crippen LogP contribution is -2.12. The van der Waals surface area contributed by atoms with Crippen molar-refractivity contribution in [1.29, 1.82) is 0 Å². The molecule has 1 heterocycles.